The van der Waals surface area contributed by atoms with E-state index in [2.05, 4.69) is 0 Å². The molecule has 0 fully saturated rings. The summed E-state index contributed by atoms with van der Waals surface area (Å²) in [6.07, 6.45) is -4.60. The van der Waals surface area contributed by atoms with Crippen LogP contribution in [0.25, 0.3) is 0 Å². The fourth-order valence-corrected chi connectivity index (χ4v) is 3.02. The standard InChI is InChI=1S/C12H16F3NO4S/c1-2-16(9-12(13,14)15)21(18,19)11-5-3-10(4-6-11)20-8-7-17/h3-6,17H,2,7-9H2,1H3. The van der Waals surface area contributed by atoms with Crippen LogP contribution in [0.2, 0.25) is 0 Å². The minimum absolute atomic E-state index is 0.0429. The van der Waals surface area contributed by atoms with Gasteiger partial charge in [-0.1, -0.05) is 6.92 Å². The van der Waals surface area contributed by atoms with E-state index in [0.717, 1.165) is 0 Å². The van der Waals surface area contributed by atoms with E-state index >= 15 is 0 Å². The van der Waals surface area contributed by atoms with Crippen molar-refractivity contribution in [3.8, 4) is 5.75 Å². The Balaban J connectivity index is 2.95. The Hall–Kier alpha value is -1.32. The molecule has 5 nitrogen and oxygen atoms in total. The number of ether oxygens (including phenoxy) is 1. The van der Waals surface area contributed by atoms with Crippen LogP contribution in [-0.4, -0.2) is 50.3 Å². The van der Waals surface area contributed by atoms with E-state index in [4.69, 9.17) is 9.84 Å². The van der Waals surface area contributed by atoms with E-state index in [0.29, 0.717) is 10.1 Å². The van der Waals surface area contributed by atoms with Gasteiger partial charge in [-0.05, 0) is 24.3 Å². The number of hydrogen-bond acceptors (Lipinski definition) is 4. The molecule has 0 saturated carbocycles. The molecular weight excluding hydrogens is 311 g/mol. The highest BCUT2D eigenvalue weighted by molar-refractivity contribution is 7.89. The van der Waals surface area contributed by atoms with E-state index in [9.17, 15) is 21.6 Å². The molecule has 0 unspecified atom stereocenters. The van der Waals surface area contributed by atoms with Crippen LogP contribution in [0.15, 0.2) is 29.2 Å². The molecule has 0 saturated heterocycles. The first-order chi connectivity index (χ1) is 9.70. The Kier molecular flexibility index (Phi) is 5.99. The third-order valence-corrected chi connectivity index (χ3v) is 4.46. The number of alkyl halides is 3. The van der Waals surface area contributed by atoms with Crippen molar-refractivity contribution in [3.05, 3.63) is 24.3 Å². The van der Waals surface area contributed by atoms with Crippen LogP contribution < -0.4 is 4.74 Å². The Bertz CT molecular complexity index is 543. The van der Waals surface area contributed by atoms with E-state index in [1.165, 1.54) is 31.2 Å². The van der Waals surface area contributed by atoms with Crippen molar-refractivity contribution in [3.63, 3.8) is 0 Å². The normalized spacial score (nSPS) is 12.7. The van der Waals surface area contributed by atoms with E-state index in [-0.39, 0.29) is 24.7 Å². The minimum Gasteiger partial charge on any atom is -0.491 e. The van der Waals surface area contributed by atoms with Crippen LogP contribution in [0.1, 0.15) is 6.92 Å². The third kappa shape index (κ3) is 5.18. The summed E-state index contributed by atoms with van der Waals surface area (Å²) in [4.78, 5) is -0.245. The first kappa shape index (κ1) is 17.7. The Morgan fingerprint density at radius 1 is 1.24 bits per heavy atom. The molecule has 0 aliphatic carbocycles. The van der Waals surface area contributed by atoms with Crippen LogP contribution in [0.4, 0.5) is 13.2 Å². The summed E-state index contributed by atoms with van der Waals surface area (Å²) < 4.78 is 66.8. The number of benzene rings is 1. The van der Waals surface area contributed by atoms with Gasteiger partial charge in [0.05, 0.1) is 11.5 Å². The molecule has 0 heterocycles. The maximum absolute atomic E-state index is 12.4. The molecule has 0 atom stereocenters. The van der Waals surface area contributed by atoms with Gasteiger partial charge in [0, 0.05) is 6.54 Å². The molecular formula is C12H16F3NO4S. The van der Waals surface area contributed by atoms with Gasteiger partial charge >= 0.3 is 6.18 Å². The van der Waals surface area contributed by atoms with E-state index in [1.54, 1.807) is 0 Å². The van der Waals surface area contributed by atoms with Gasteiger partial charge in [0.15, 0.2) is 0 Å². The highest BCUT2D eigenvalue weighted by atomic mass is 32.2. The third-order valence-electron chi connectivity index (χ3n) is 2.53. The zero-order valence-electron chi connectivity index (χ0n) is 11.3. The molecule has 0 aromatic heterocycles. The van der Waals surface area contributed by atoms with Crippen LogP contribution in [0.5, 0.6) is 5.75 Å². The minimum atomic E-state index is -4.60. The second kappa shape index (κ2) is 7.10. The van der Waals surface area contributed by atoms with E-state index in [1.807, 2.05) is 0 Å². The van der Waals surface area contributed by atoms with Gasteiger partial charge in [0.1, 0.15) is 18.9 Å². The number of halogens is 3. The second-order valence-electron chi connectivity index (χ2n) is 4.09. The second-order valence-corrected chi connectivity index (χ2v) is 6.03. The van der Waals surface area contributed by atoms with Crippen molar-refractivity contribution in [2.24, 2.45) is 0 Å². The highest BCUT2D eigenvalue weighted by Gasteiger charge is 2.36. The summed E-state index contributed by atoms with van der Waals surface area (Å²) in [5.74, 6) is 0.321. The molecule has 1 N–H and O–H groups in total. The lowest BCUT2D eigenvalue weighted by atomic mass is 10.3. The van der Waals surface area contributed by atoms with Crippen molar-refractivity contribution in [1.29, 1.82) is 0 Å². The van der Waals surface area contributed by atoms with Crippen molar-refractivity contribution < 1.29 is 31.4 Å². The van der Waals surface area contributed by atoms with Gasteiger partial charge in [-0.15, -0.1) is 0 Å². The summed E-state index contributed by atoms with van der Waals surface area (Å²) in [6, 6.07) is 4.98. The van der Waals surface area contributed by atoms with Crippen molar-refractivity contribution >= 4 is 10.0 Å². The van der Waals surface area contributed by atoms with Gasteiger partial charge in [-0.3, -0.25) is 0 Å². The molecule has 0 aliphatic heterocycles. The number of aliphatic hydroxyl groups excluding tert-OH is 1. The smallest absolute Gasteiger partial charge is 0.402 e. The topological polar surface area (TPSA) is 66.8 Å². The number of hydrogen-bond donors (Lipinski definition) is 1. The van der Waals surface area contributed by atoms with Crippen LogP contribution >= 0.6 is 0 Å². The number of rotatable bonds is 7. The van der Waals surface area contributed by atoms with Crippen molar-refractivity contribution in [2.75, 3.05) is 26.3 Å². The Labute approximate surface area is 121 Å². The zero-order chi connectivity index (χ0) is 16.1. The SMILES string of the molecule is CCN(CC(F)(F)F)S(=O)(=O)c1ccc(OCCO)cc1. The average molecular weight is 327 g/mol. The Morgan fingerprint density at radius 2 is 1.81 bits per heavy atom. The fraction of sp³-hybridized carbons (Fsp3) is 0.500. The lowest BCUT2D eigenvalue weighted by Gasteiger charge is -2.21. The molecule has 1 aromatic carbocycles. The maximum Gasteiger partial charge on any atom is 0.402 e. The maximum atomic E-state index is 12.4. The lowest BCUT2D eigenvalue weighted by molar-refractivity contribution is -0.135. The fourth-order valence-electron chi connectivity index (χ4n) is 1.59. The molecule has 0 radical (unpaired) electrons. The van der Waals surface area contributed by atoms with Gasteiger partial charge in [-0.25, -0.2) is 8.42 Å². The van der Waals surface area contributed by atoms with Crippen molar-refractivity contribution in [1.82, 2.24) is 4.31 Å². The van der Waals surface area contributed by atoms with Crippen LogP contribution in [-0.2, 0) is 10.0 Å². The van der Waals surface area contributed by atoms with Crippen LogP contribution in [0, 0.1) is 0 Å². The van der Waals surface area contributed by atoms with Crippen LogP contribution in [0.3, 0.4) is 0 Å². The average Bonchev–Trinajstić information content (AvgIpc) is 2.41. The van der Waals surface area contributed by atoms with E-state index < -0.39 is 22.7 Å². The van der Waals surface area contributed by atoms with Gasteiger partial charge in [-0.2, -0.15) is 17.5 Å². The summed E-state index contributed by atoms with van der Waals surface area (Å²) in [6.45, 7) is -0.641. The summed E-state index contributed by atoms with van der Waals surface area (Å²) >= 11 is 0. The summed E-state index contributed by atoms with van der Waals surface area (Å²) in [7, 11) is -4.21. The molecule has 21 heavy (non-hydrogen) atoms. The number of sulfonamides is 1. The lowest BCUT2D eigenvalue weighted by Crippen LogP contribution is -2.38. The predicted octanol–water partition coefficient (Wildman–Crippen LogP) is 1.63. The largest absolute Gasteiger partial charge is 0.491 e. The van der Waals surface area contributed by atoms with Gasteiger partial charge in [0.2, 0.25) is 10.0 Å². The molecule has 9 heteroatoms. The molecule has 0 spiro atoms. The van der Waals surface area contributed by atoms with Gasteiger partial charge in [0.25, 0.3) is 0 Å². The highest BCUT2D eigenvalue weighted by Crippen LogP contribution is 2.23. The molecule has 120 valence electrons. The number of aliphatic hydroxyl groups is 1. The zero-order valence-corrected chi connectivity index (χ0v) is 12.1. The quantitative estimate of drug-likeness (QED) is 0.827. The molecule has 0 amide bonds. The van der Waals surface area contributed by atoms with Gasteiger partial charge < -0.3 is 9.84 Å². The first-order valence-electron chi connectivity index (χ1n) is 6.11. The number of nitrogens with zero attached hydrogens (tertiary/aromatic N) is 1. The summed E-state index contributed by atoms with van der Waals surface area (Å²) in [5.41, 5.74) is 0. The monoisotopic (exact) mass is 327 g/mol. The molecule has 0 bridgehead atoms. The van der Waals surface area contributed by atoms with Crippen molar-refractivity contribution in [2.45, 2.75) is 18.0 Å². The molecule has 1 rings (SSSR count). The summed E-state index contributed by atoms with van der Waals surface area (Å²) in [5, 5.41) is 8.59. The molecule has 0 aliphatic rings. The first-order valence-corrected chi connectivity index (χ1v) is 7.55. The Morgan fingerprint density at radius 3 is 2.24 bits per heavy atom. The predicted molar refractivity (Wildman–Crippen MR) is 69.5 cm³/mol. The molecule has 1 aromatic rings.